The zero-order valence-corrected chi connectivity index (χ0v) is 11.6. The lowest BCUT2D eigenvalue weighted by atomic mass is 9.96. The van der Waals surface area contributed by atoms with Crippen LogP contribution in [0.3, 0.4) is 0 Å². The Kier molecular flexibility index (Phi) is 7.46. The van der Waals surface area contributed by atoms with E-state index in [9.17, 15) is 0 Å². The number of benzene rings is 1. The quantitative estimate of drug-likeness (QED) is 0.523. The summed E-state index contributed by atoms with van der Waals surface area (Å²) in [7, 11) is 0. The summed E-state index contributed by atoms with van der Waals surface area (Å²) in [4.78, 5) is 0. The molecule has 0 aromatic heterocycles. The minimum Gasteiger partial charge on any atom is -0.494 e. The second kappa shape index (κ2) is 8.95. The third-order valence-electron chi connectivity index (χ3n) is 3.18. The van der Waals surface area contributed by atoms with E-state index in [1.807, 2.05) is 30.3 Å². The molecule has 1 rings (SSSR count). The molecule has 0 saturated carbocycles. The van der Waals surface area contributed by atoms with E-state index in [1.54, 1.807) is 0 Å². The van der Waals surface area contributed by atoms with Crippen molar-refractivity contribution in [1.82, 2.24) is 5.43 Å². The van der Waals surface area contributed by atoms with Crippen LogP contribution in [0.2, 0.25) is 0 Å². The Bertz CT molecular complexity index is 303. The highest BCUT2D eigenvalue weighted by molar-refractivity contribution is 5.20. The van der Waals surface area contributed by atoms with E-state index in [0.717, 1.165) is 18.6 Å². The van der Waals surface area contributed by atoms with Crippen molar-refractivity contribution in [2.45, 2.75) is 45.6 Å². The molecule has 0 saturated heterocycles. The summed E-state index contributed by atoms with van der Waals surface area (Å²) in [6.07, 6.45) is 4.55. The predicted octanol–water partition coefficient (Wildman–Crippen LogP) is 3.11. The van der Waals surface area contributed by atoms with Crippen molar-refractivity contribution in [1.29, 1.82) is 0 Å². The molecule has 0 aliphatic heterocycles. The lowest BCUT2D eigenvalue weighted by molar-refractivity contribution is 0.268. The third kappa shape index (κ3) is 6.03. The van der Waals surface area contributed by atoms with Gasteiger partial charge in [0, 0.05) is 6.04 Å². The highest BCUT2D eigenvalue weighted by Crippen LogP contribution is 2.15. The molecule has 2 atom stereocenters. The zero-order valence-electron chi connectivity index (χ0n) is 11.6. The maximum atomic E-state index is 5.68. The number of hydrazine groups is 1. The number of rotatable bonds is 9. The molecule has 0 bridgehead atoms. The van der Waals surface area contributed by atoms with Crippen LogP contribution < -0.4 is 16.0 Å². The van der Waals surface area contributed by atoms with Crippen LogP contribution in [0, 0.1) is 5.92 Å². The van der Waals surface area contributed by atoms with E-state index < -0.39 is 0 Å². The van der Waals surface area contributed by atoms with Gasteiger partial charge in [-0.1, -0.05) is 44.9 Å². The van der Waals surface area contributed by atoms with Gasteiger partial charge < -0.3 is 4.74 Å². The third-order valence-corrected chi connectivity index (χ3v) is 3.18. The van der Waals surface area contributed by atoms with Crippen LogP contribution in [0.5, 0.6) is 5.75 Å². The highest BCUT2D eigenvalue weighted by Gasteiger charge is 2.11. The van der Waals surface area contributed by atoms with Crippen LogP contribution >= 0.6 is 0 Å². The first-order valence-electron chi connectivity index (χ1n) is 6.90. The number of para-hydroxylation sites is 1. The van der Waals surface area contributed by atoms with Gasteiger partial charge in [0.05, 0.1) is 6.61 Å². The summed E-state index contributed by atoms with van der Waals surface area (Å²) in [6, 6.07) is 10.3. The summed E-state index contributed by atoms with van der Waals surface area (Å²) in [5.74, 6) is 7.23. The molecule has 0 fully saturated rings. The van der Waals surface area contributed by atoms with Crippen LogP contribution in [0.4, 0.5) is 0 Å². The second-order valence-corrected chi connectivity index (χ2v) is 4.94. The molecule has 0 amide bonds. The van der Waals surface area contributed by atoms with Crippen LogP contribution in [0.1, 0.15) is 39.5 Å². The van der Waals surface area contributed by atoms with Gasteiger partial charge in [0.15, 0.2) is 0 Å². The first-order valence-corrected chi connectivity index (χ1v) is 6.90. The molecule has 3 nitrogen and oxygen atoms in total. The van der Waals surface area contributed by atoms with Gasteiger partial charge >= 0.3 is 0 Å². The Morgan fingerprint density at radius 1 is 1.22 bits per heavy atom. The van der Waals surface area contributed by atoms with Gasteiger partial charge in [0.25, 0.3) is 0 Å². The van der Waals surface area contributed by atoms with Gasteiger partial charge in [0.2, 0.25) is 0 Å². The smallest absolute Gasteiger partial charge is 0.119 e. The summed E-state index contributed by atoms with van der Waals surface area (Å²) in [5, 5.41) is 0. The summed E-state index contributed by atoms with van der Waals surface area (Å²) in [5.41, 5.74) is 2.90. The number of ether oxygens (including phenoxy) is 1. The van der Waals surface area contributed by atoms with Crippen LogP contribution in [-0.2, 0) is 0 Å². The van der Waals surface area contributed by atoms with Crippen molar-refractivity contribution in [2.75, 3.05) is 6.61 Å². The highest BCUT2D eigenvalue weighted by atomic mass is 16.5. The van der Waals surface area contributed by atoms with Crippen molar-refractivity contribution in [3.63, 3.8) is 0 Å². The Hall–Kier alpha value is -1.06. The van der Waals surface area contributed by atoms with Crippen molar-refractivity contribution >= 4 is 0 Å². The SMILES string of the molecule is CCCC(C)CC(CCOc1ccccc1)NN. The second-order valence-electron chi connectivity index (χ2n) is 4.94. The maximum absolute atomic E-state index is 5.68. The van der Waals surface area contributed by atoms with E-state index in [0.29, 0.717) is 18.6 Å². The predicted molar refractivity (Wildman–Crippen MR) is 76.4 cm³/mol. The molecule has 0 spiro atoms. The monoisotopic (exact) mass is 250 g/mol. The Morgan fingerprint density at radius 2 is 1.94 bits per heavy atom. The first kappa shape index (κ1) is 15.0. The molecule has 0 aliphatic rings. The van der Waals surface area contributed by atoms with E-state index in [-0.39, 0.29) is 0 Å². The number of nitrogens with two attached hydrogens (primary N) is 1. The fraction of sp³-hybridized carbons (Fsp3) is 0.600. The summed E-state index contributed by atoms with van der Waals surface area (Å²) >= 11 is 0. The maximum Gasteiger partial charge on any atom is 0.119 e. The summed E-state index contributed by atoms with van der Waals surface area (Å²) < 4.78 is 5.68. The number of nitrogens with one attached hydrogen (secondary N) is 1. The fourth-order valence-electron chi connectivity index (χ4n) is 2.20. The van der Waals surface area contributed by atoms with Crippen LogP contribution in [0.15, 0.2) is 30.3 Å². The minimum absolute atomic E-state index is 0.343. The fourth-order valence-corrected chi connectivity index (χ4v) is 2.20. The largest absolute Gasteiger partial charge is 0.494 e. The number of hydrogen-bond donors (Lipinski definition) is 2. The van der Waals surface area contributed by atoms with Gasteiger partial charge in [-0.25, -0.2) is 0 Å². The molecule has 1 aromatic carbocycles. The molecule has 1 aromatic rings. The zero-order chi connectivity index (χ0) is 13.2. The van der Waals surface area contributed by atoms with Crippen molar-refractivity contribution < 1.29 is 4.74 Å². The van der Waals surface area contributed by atoms with E-state index >= 15 is 0 Å². The van der Waals surface area contributed by atoms with Gasteiger partial charge in [-0.3, -0.25) is 11.3 Å². The number of hydrogen-bond acceptors (Lipinski definition) is 3. The van der Waals surface area contributed by atoms with E-state index in [1.165, 1.54) is 12.8 Å². The Balaban J connectivity index is 2.23. The first-order chi connectivity index (χ1) is 8.76. The van der Waals surface area contributed by atoms with Crippen LogP contribution in [-0.4, -0.2) is 12.6 Å². The van der Waals surface area contributed by atoms with E-state index in [2.05, 4.69) is 19.3 Å². The standard InChI is InChI=1S/C15H26N2O/c1-3-7-13(2)12-14(17-16)10-11-18-15-8-5-4-6-9-15/h4-6,8-9,13-14,17H,3,7,10-12,16H2,1-2H3. The van der Waals surface area contributed by atoms with Gasteiger partial charge in [-0.15, -0.1) is 0 Å². The molecular formula is C15H26N2O. The van der Waals surface area contributed by atoms with Gasteiger partial charge in [-0.2, -0.15) is 0 Å². The molecular weight excluding hydrogens is 224 g/mol. The Morgan fingerprint density at radius 3 is 2.56 bits per heavy atom. The molecule has 0 aliphatic carbocycles. The molecule has 0 radical (unpaired) electrons. The molecule has 102 valence electrons. The molecule has 3 heteroatoms. The van der Waals surface area contributed by atoms with Gasteiger partial charge in [0.1, 0.15) is 5.75 Å². The van der Waals surface area contributed by atoms with Crippen molar-refractivity contribution in [3.8, 4) is 5.75 Å². The average molecular weight is 250 g/mol. The Labute approximate surface area is 111 Å². The lowest BCUT2D eigenvalue weighted by Gasteiger charge is -2.20. The molecule has 2 unspecified atom stereocenters. The molecule has 0 heterocycles. The topological polar surface area (TPSA) is 47.3 Å². The van der Waals surface area contributed by atoms with Crippen molar-refractivity contribution in [3.05, 3.63) is 30.3 Å². The van der Waals surface area contributed by atoms with E-state index in [4.69, 9.17) is 10.6 Å². The average Bonchev–Trinajstić information content (AvgIpc) is 2.39. The lowest BCUT2D eigenvalue weighted by Crippen LogP contribution is -2.37. The molecule has 3 N–H and O–H groups in total. The van der Waals surface area contributed by atoms with Crippen molar-refractivity contribution in [2.24, 2.45) is 11.8 Å². The minimum atomic E-state index is 0.343. The van der Waals surface area contributed by atoms with Gasteiger partial charge in [-0.05, 0) is 30.9 Å². The summed E-state index contributed by atoms with van der Waals surface area (Å²) in [6.45, 7) is 5.21. The molecule has 18 heavy (non-hydrogen) atoms. The van der Waals surface area contributed by atoms with Crippen LogP contribution in [0.25, 0.3) is 0 Å². The normalized spacial score (nSPS) is 14.2.